The van der Waals surface area contributed by atoms with Crippen molar-refractivity contribution in [3.05, 3.63) is 24.3 Å². The number of carbonyl (C=O) groups is 2. The number of anilines is 1. The zero-order valence-electron chi connectivity index (χ0n) is 15.3. The van der Waals surface area contributed by atoms with Crippen LogP contribution in [0.5, 0.6) is 5.75 Å². The van der Waals surface area contributed by atoms with Crippen LogP contribution in [0.15, 0.2) is 24.3 Å². The van der Waals surface area contributed by atoms with E-state index in [0.29, 0.717) is 25.6 Å². The van der Waals surface area contributed by atoms with Gasteiger partial charge >= 0.3 is 6.03 Å². The number of nitrogens with one attached hydrogen (secondary N) is 1. The van der Waals surface area contributed by atoms with Crippen LogP contribution in [0, 0.1) is 11.8 Å². The molecule has 1 aromatic carbocycles. The van der Waals surface area contributed by atoms with Crippen LogP contribution in [0.2, 0.25) is 0 Å². The normalized spacial score (nSPS) is 25.2. The van der Waals surface area contributed by atoms with Crippen molar-refractivity contribution >= 4 is 17.6 Å². The predicted octanol–water partition coefficient (Wildman–Crippen LogP) is 2.95. The lowest BCUT2D eigenvalue weighted by Gasteiger charge is -2.36. The largest absolute Gasteiger partial charge is 0.494 e. The van der Waals surface area contributed by atoms with E-state index in [2.05, 4.69) is 10.2 Å². The molecule has 0 aromatic heterocycles. The SMILES string of the molecule is CCOc1ccc(NC(=O)N2C[C@H]3CC[C@@H](C2)N(CC2CC2)C3=O)cc1. The molecule has 140 valence electrons. The number of hydrogen-bond acceptors (Lipinski definition) is 3. The highest BCUT2D eigenvalue weighted by atomic mass is 16.5. The van der Waals surface area contributed by atoms with E-state index in [-0.39, 0.29) is 23.9 Å². The molecule has 5 rings (SSSR count). The van der Waals surface area contributed by atoms with Gasteiger partial charge in [-0.3, -0.25) is 4.79 Å². The molecule has 3 amide bonds. The van der Waals surface area contributed by atoms with E-state index >= 15 is 0 Å². The standard InChI is InChI=1S/C20H27N3O3/c1-2-26-18-9-6-16(7-10-18)21-20(25)22-12-15-5-8-17(13-22)23(19(15)24)11-14-3-4-14/h6-7,9-10,14-15,17H,2-5,8,11-13H2,1H3,(H,21,25)/t15-,17+/m1/s1. The first-order valence-electron chi connectivity index (χ1n) is 9.73. The number of benzene rings is 1. The lowest BCUT2D eigenvalue weighted by molar-refractivity contribution is -0.140. The van der Waals surface area contributed by atoms with Gasteiger partial charge in [-0.05, 0) is 62.8 Å². The molecule has 1 aromatic rings. The van der Waals surface area contributed by atoms with Gasteiger partial charge in [0.2, 0.25) is 5.91 Å². The molecule has 4 aliphatic rings. The van der Waals surface area contributed by atoms with Crippen LogP contribution >= 0.6 is 0 Å². The van der Waals surface area contributed by atoms with Gasteiger partial charge in [0.05, 0.1) is 12.5 Å². The Labute approximate surface area is 154 Å². The number of carbonyl (C=O) groups excluding carboxylic acids is 2. The van der Waals surface area contributed by atoms with Gasteiger partial charge in [-0.1, -0.05) is 0 Å². The van der Waals surface area contributed by atoms with Crippen molar-refractivity contribution < 1.29 is 14.3 Å². The fourth-order valence-corrected chi connectivity index (χ4v) is 4.03. The van der Waals surface area contributed by atoms with Crippen molar-refractivity contribution in [1.82, 2.24) is 9.80 Å². The minimum Gasteiger partial charge on any atom is -0.494 e. The van der Waals surface area contributed by atoms with E-state index in [1.54, 1.807) is 0 Å². The molecule has 6 heteroatoms. The molecule has 2 bridgehead atoms. The summed E-state index contributed by atoms with van der Waals surface area (Å²) in [5.74, 6) is 1.69. The second-order valence-corrected chi connectivity index (χ2v) is 7.65. The monoisotopic (exact) mass is 357 g/mol. The van der Waals surface area contributed by atoms with E-state index in [0.717, 1.165) is 30.8 Å². The first-order chi connectivity index (χ1) is 12.6. The summed E-state index contributed by atoms with van der Waals surface area (Å²) < 4.78 is 5.43. The van der Waals surface area contributed by atoms with Crippen LogP contribution in [0.3, 0.4) is 0 Å². The topological polar surface area (TPSA) is 61.9 Å². The molecular weight excluding hydrogens is 330 g/mol. The molecule has 0 spiro atoms. The van der Waals surface area contributed by atoms with E-state index in [1.165, 1.54) is 12.8 Å². The summed E-state index contributed by atoms with van der Waals surface area (Å²) in [7, 11) is 0. The number of urea groups is 1. The minimum absolute atomic E-state index is 0.0430. The van der Waals surface area contributed by atoms with Crippen LogP contribution in [0.1, 0.15) is 32.6 Å². The van der Waals surface area contributed by atoms with Crippen LogP contribution in [0.25, 0.3) is 0 Å². The van der Waals surface area contributed by atoms with Gasteiger partial charge in [-0.25, -0.2) is 4.79 Å². The molecule has 3 aliphatic heterocycles. The summed E-state index contributed by atoms with van der Waals surface area (Å²) in [6, 6.07) is 7.46. The first-order valence-corrected chi connectivity index (χ1v) is 9.73. The molecule has 6 nitrogen and oxygen atoms in total. The van der Waals surface area contributed by atoms with Crippen molar-refractivity contribution in [1.29, 1.82) is 0 Å². The Hall–Kier alpha value is -2.24. The van der Waals surface area contributed by atoms with Crippen molar-refractivity contribution in [2.75, 3.05) is 31.6 Å². The molecule has 3 heterocycles. The molecule has 26 heavy (non-hydrogen) atoms. The van der Waals surface area contributed by atoms with E-state index in [1.807, 2.05) is 36.1 Å². The van der Waals surface area contributed by atoms with Crippen molar-refractivity contribution in [2.45, 2.75) is 38.6 Å². The van der Waals surface area contributed by atoms with Crippen LogP contribution in [-0.4, -0.2) is 54.0 Å². The van der Waals surface area contributed by atoms with Crippen molar-refractivity contribution in [3.8, 4) is 5.75 Å². The van der Waals surface area contributed by atoms with E-state index in [9.17, 15) is 9.59 Å². The van der Waals surface area contributed by atoms with Gasteiger partial charge in [0.15, 0.2) is 0 Å². The lowest BCUT2D eigenvalue weighted by Crippen LogP contribution is -2.49. The Morgan fingerprint density at radius 3 is 2.62 bits per heavy atom. The van der Waals surface area contributed by atoms with Gasteiger partial charge in [0.25, 0.3) is 0 Å². The number of amides is 3. The average molecular weight is 357 g/mol. The van der Waals surface area contributed by atoms with Crippen LogP contribution < -0.4 is 10.1 Å². The number of ether oxygens (including phenoxy) is 1. The quantitative estimate of drug-likeness (QED) is 0.881. The maximum absolute atomic E-state index is 12.8. The molecule has 4 fully saturated rings. The number of fused-ring (bicyclic) bond motifs is 4. The fourth-order valence-electron chi connectivity index (χ4n) is 4.03. The summed E-state index contributed by atoms with van der Waals surface area (Å²) in [5.41, 5.74) is 0.746. The third kappa shape index (κ3) is 3.64. The minimum atomic E-state index is -0.118. The lowest BCUT2D eigenvalue weighted by atomic mass is 9.94. The number of piperidine rings is 1. The summed E-state index contributed by atoms with van der Waals surface area (Å²) in [6.45, 7) is 4.61. The van der Waals surface area contributed by atoms with Gasteiger partial charge in [0.1, 0.15) is 5.75 Å². The number of hydrogen-bond donors (Lipinski definition) is 1. The summed E-state index contributed by atoms with van der Waals surface area (Å²) in [6.07, 6.45) is 4.39. The van der Waals surface area contributed by atoms with Gasteiger partial charge < -0.3 is 19.9 Å². The second kappa shape index (κ2) is 7.17. The maximum Gasteiger partial charge on any atom is 0.321 e. The third-order valence-electron chi connectivity index (χ3n) is 5.65. The summed E-state index contributed by atoms with van der Waals surface area (Å²) >= 11 is 0. The zero-order chi connectivity index (χ0) is 18.1. The van der Waals surface area contributed by atoms with Gasteiger partial charge in [-0.15, -0.1) is 0 Å². The average Bonchev–Trinajstić information content (AvgIpc) is 3.47. The highest BCUT2D eigenvalue weighted by molar-refractivity contribution is 5.90. The molecule has 1 saturated carbocycles. The molecule has 3 saturated heterocycles. The Kier molecular flexibility index (Phi) is 4.74. The molecule has 1 aliphatic carbocycles. The molecular formula is C20H27N3O3. The highest BCUT2D eigenvalue weighted by Gasteiger charge is 2.43. The Morgan fingerprint density at radius 1 is 1.15 bits per heavy atom. The third-order valence-corrected chi connectivity index (χ3v) is 5.65. The summed E-state index contributed by atoms with van der Waals surface area (Å²) in [5, 5.41) is 2.96. The van der Waals surface area contributed by atoms with E-state index in [4.69, 9.17) is 4.74 Å². The predicted molar refractivity (Wildman–Crippen MR) is 99.2 cm³/mol. The first kappa shape index (κ1) is 17.2. The Balaban J connectivity index is 1.41. The van der Waals surface area contributed by atoms with Gasteiger partial charge in [-0.2, -0.15) is 0 Å². The number of rotatable bonds is 5. The molecule has 1 N–H and O–H groups in total. The fraction of sp³-hybridized carbons (Fsp3) is 0.600. The number of nitrogens with zero attached hydrogens (tertiary/aromatic N) is 2. The highest BCUT2D eigenvalue weighted by Crippen LogP contribution is 2.35. The summed E-state index contributed by atoms with van der Waals surface area (Å²) in [4.78, 5) is 29.4. The van der Waals surface area contributed by atoms with Crippen molar-refractivity contribution in [2.24, 2.45) is 11.8 Å². The molecule has 0 unspecified atom stereocenters. The van der Waals surface area contributed by atoms with Crippen LogP contribution in [-0.2, 0) is 4.79 Å². The smallest absolute Gasteiger partial charge is 0.321 e. The zero-order valence-corrected chi connectivity index (χ0v) is 15.3. The molecule has 0 radical (unpaired) electrons. The van der Waals surface area contributed by atoms with Gasteiger partial charge in [0, 0.05) is 31.4 Å². The Bertz CT molecular complexity index is 671. The second-order valence-electron chi connectivity index (χ2n) is 7.65. The maximum atomic E-state index is 12.8. The Morgan fingerprint density at radius 2 is 1.92 bits per heavy atom. The molecule has 2 atom stereocenters. The van der Waals surface area contributed by atoms with Crippen molar-refractivity contribution in [3.63, 3.8) is 0 Å². The van der Waals surface area contributed by atoms with Crippen LogP contribution in [0.4, 0.5) is 10.5 Å². The van der Waals surface area contributed by atoms with E-state index < -0.39 is 0 Å².